The van der Waals surface area contributed by atoms with E-state index in [1.165, 1.54) is 13.0 Å². The standard InChI is InChI=1S/C12H11ClO3S/c1-8(14)17-7-3-5-9-4-2-6-10(13)11(9)12(15)16/h2-6H,7H2,1H3,(H,15,16). The third-order valence-electron chi connectivity index (χ3n) is 1.94. The van der Waals surface area contributed by atoms with Gasteiger partial charge in [0.1, 0.15) is 0 Å². The van der Waals surface area contributed by atoms with E-state index < -0.39 is 5.97 Å². The summed E-state index contributed by atoms with van der Waals surface area (Å²) in [6.07, 6.45) is 3.40. The average Bonchev–Trinajstić information content (AvgIpc) is 2.23. The fourth-order valence-corrected chi connectivity index (χ4v) is 1.94. The molecule has 0 unspecified atom stereocenters. The van der Waals surface area contributed by atoms with E-state index in [1.807, 2.05) is 0 Å². The van der Waals surface area contributed by atoms with E-state index in [0.29, 0.717) is 11.3 Å². The minimum Gasteiger partial charge on any atom is -0.478 e. The number of rotatable bonds is 4. The molecule has 1 aromatic carbocycles. The van der Waals surface area contributed by atoms with Gasteiger partial charge < -0.3 is 5.11 Å². The summed E-state index contributed by atoms with van der Waals surface area (Å²) in [5.74, 6) is -0.546. The third-order valence-corrected chi connectivity index (χ3v) is 3.02. The number of carboxylic acids is 1. The van der Waals surface area contributed by atoms with Crippen LogP contribution in [0, 0.1) is 0 Å². The first-order valence-corrected chi connectivity index (χ1v) is 6.20. The van der Waals surface area contributed by atoms with Crippen molar-refractivity contribution >= 4 is 40.5 Å². The highest BCUT2D eigenvalue weighted by molar-refractivity contribution is 8.13. The lowest BCUT2D eigenvalue weighted by molar-refractivity contribution is -0.109. The van der Waals surface area contributed by atoms with Gasteiger partial charge in [-0.15, -0.1) is 0 Å². The molecule has 0 aliphatic rings. The topological polar surface area (TPSA) is 54.4 Å². The molecule has 1 N–H and O–H groups in total. The Hall–Kier alpha value is -1.26. The molecule has 0 fully saturated rings. The summed E-state index contributed by atoms with van der Waals surface area (Å²) in [7, 11) is 0. The van der Waals surface area contributed by atoms with Gasteiger partial charge in [-0.25, -0.2) is 4.79 Å². The summed E-state index contributed by atoms with van der Waals surface area (Å²) in [4.78, 5) is 21.7. The zero-order valence-electron chi connectivity index (χ0n) is 9.14. The number of carbonyl (C=O) groups is 2. The smallest absolute Gasteiger partial charge is 0.337 e. The van der Waals surface area contributed by atoms with Gasteiger partial charge in [-0.1, -0.05) is 47.6 Å². The van der Waals surface area contributed by atoms with Crippen LogP contribution >= 0.6 is 23.4 Å². The molecular weight excluding hydrogens is 260 g/mol. The van der Waals surface area contributed by atoms with Crippen LogP contribution in [-0.4, -0.2) is 21.9 Å². The van der Waals surface area contributed by atoms with Gasteiger partial charge in [0.2, 0.25) is 0 Å². The summed E-state index contributed by atoms with van der Waals surface area (Å²) in [6, 6.07) is 4.89. The quantitative estimate of drug-likeness (QED) is 0.912. The molecule has 0 atom stereocenters. The minimum absolute atomic E-state index is 0.0270. The minimum atomic E-state index is -1.06. The first-order chi connectivity index (χ1) is 8.02. The lowest BCUT2D eigenvalue weighted by Gasteiger charge is -2.02. The molecule has 0 amide bonds. The summed E-state index contributed by atoms with van der Waals surface area (Å²) >= 11 is 6.98. The molecule has 17 heavy (non-hydrogen) atoms. The number of carboxylic acid groups (broad SMARTS) is 1. The Morgan fingerprint density at radius 3 is 2.76 bits per heavy atom. The third kappa shape index (κ3) is 4.24. The number of aromatic carboxylic acids is 1. The first kappa shape index (κ1) is 13.8. The number of carbonyl (C=O) groups excluding carboxylic acids is 1. The molecule has 3 nitrogen and oxygen atoms in total. The largest absolute Gasteiger partial charge is 0.478 e. The normalized spacial score (nSPS) is 10.7. The molecule has 0 saturated carbocycles. The van der Waals surface area contributed by atoms with Gasteiger partial charge in [0.05, 0.1) is 10.6 Å². The van der Waals surface area contributed by atoms with Gasteiger partial charge in [0.15, 0.2) is 5.12 Å². The van der Waals surface area contributed by atoms with Gasteiger partial charge in [-0.3, -0.25) is 4.79 Å². The highest BCUT2D eigenvalue weighted by Crippen LogP contribution is 2.21. The number of hydrogen-bond donors (Lipinski definition) is 1. The van der Waals surface area contributed by atoms with Crippen molar-refractivity contribution in [2.24, 2.45) is 0 Å². The molecule has 1 aromatic rings. The second-order valence-corrected chi connectivity index (χ2v) is 4.82. The second-order valence-electron chi connectivity index (χ2n) is 3.21. The predicted octanol–water partition coefficient (Wildman–Crippen LogP) is 3.33. The Labute approximate surface area is 108 Å². The van der Waals surface area contributed by atoms with Crippen molar-refractivity contribution in [1.82, 2.24) is 0 Å². The fourth-order valence-electron chi connectivity index (χ4n) is 1.25. The molecule has 1 rings (SSSR count). The predicted molar refractivity (Wildman–Crippen MR) is 70.6 cm³/mol. The van der Waals surface area contributed by atoms with Crippen LogP contribution < -0.4 is 0 Å². The fraction of sp³-hybridized carbons (Fsp3) is 0.167. The van der Waals surface area contributed by atoms with Crippen LogP contribution in [-0.2, 0) is 4.79 Å². The lowest BCUT2D eigenvalue weighted by atomic mass is 10.1. The van der Waals surface area contributed by atoms with Crippen LogP contribution in [0.2, 0.25) is 5.02 Å². The Morgan fingerprint density at radius 2 is 2.18 bits per heavy atom. The molecule has 0 radical (unpaired) electrons. The molecule has 0 aromatic heterocycles. The van der Waals surface area contributed by atoms with E-state index in [-0.39, 0.29) is 15.7 Å². The van der Waals surface area contributed by atoms with Gasteiger partial charge in [-0.05, 0) is 11.6 Å². The second kappa shape index (κ2) is 6.47. The van der Waals surface area contributed by atoms with Crippen molar-refractivity contribution in [3.05, 3.63) is 40.4 Å². The van der Waals surface area contributed by atoms with E-state index in [9.17, 15) is 9.59 Å². The van der Waals surface area contributed by atoms with Crippen LogP contribution in [0.1, 0.15) is 22.8 Å². The van der Waals surface area contributed by atoms with Crippen molar-refractivity contribution in [3.8, 4) is 0 Å². The summed E-state index contributed by atoms with van der Waals surface area (Å²) in [6.45, 7) is 1.49. The summed E-state index contributed by atoms with van der Waals surface area (Å²) < 4.78 is 0. The van der Waals surface area contributed by atoms with Crippen molar-refractivity contribution in [2.45, 2.75) is 6.92 Å². The highest BCUT2D eigenvalue weighted by Gasteiger charge is 2.11. The van der Waals surface area contributed by atoms with Crippen molar-refractivity contribution in [1.29, 1.82) is 0 Å². The summed E-state index contributed by atoms with van der Waals surface area (Å²) in [5, 5.41) is 9.25. The van der Waals surface area contributed by atoms with Crippen LogP contribution in [0.15, 0.2) is 24.3 Å². The average molecular weight is 271 g/mol. The zero-order valence-corrected chi connectivity index (χ0v) is 10.7. The van der Waals surface area contributed by atoms with Crippen LogP contribution in [0.25, 0.3) is 6.08 Å². The molecule has 0 aliphatic carbocycles. The van der Waals surface area contributed by atoms with Crippen molar-refractivity contribution in [2.75, 3.05) is 5.75 Å². The molecule has 0 saturated heterocycles. The Kier molecular flexibility index (Phi) is 5.25. The number of halogens is 1. The molecule has 90 valence electrons. The highest BCUT2D eigenvalue weighted by atomic mass is 35.5. The summed E-state index contributed by atoms with van der Waals surface area (Å²) in [5.41, 5.74) is 0.618. The van der Waals surface area contributed by atoms with E-state index in [4.69, 9.17) is 16.7 Å². The maximum absolute atomic E-state index is 11.0. The maximum atomic E-state index is 11.0. The van der Waals surface area contributed by atoms with Crippen LogP contribution in [0.5, 0.6) is 0 Å². The van der Waals surface area contributed by atoms with Crippen LogP contribution in [0.4, 0.5) is 0 Å². The number of benzene rings is 1. The first-order valence-electron chi connectivity index (χ1n) is 4.84. The monoisotopic (exact) mass is 270 g/mol. The molecular formula is C12H11ClO3S. The lowest BCUT2D eigenvalue weighted by Crippen LogP contribution is -2.00. The van der Waals surface area contributed by atoms with Gasteiger partial charge in [-0.2, -0.15) is 0 Å². The van der Waals surface area contributed by atoms with E-state index >= 15 is 0 Å². The van der Waals surface area contributed by atoms with E-state index in [2.05, 4.69) is 0 Å². The van der Waals surface area contributed by atoms with Crippen molar-refractivity contribution < 1.29 is 14.7 Å². The Balaban J connectivity index is 2.87. The molecule has 0 aliphatic heterocycles. The molecule has 0 spiro atoms. The van der Waals surface area contributed by atoms with Gasteiger partial charge in [0, 0.05) is 12.7 Å². The SMILES string of the molecule is CC(=O)SCC=Cc1cccc(Cl)c1C(=O)O. The maximum Gasteiger partial charge on any atom is 0.337 e. The van der Waals surface area contributed by atoms with Gasteiger partial charge in [0.25, 0.3) is 0 Å². The molecule has 0 bridgehead atoms. The Morgan fingerprint density at radius 1 is 1.47 bits per heavy atom. The zero-order chi connectivity index (χ0) is 12.8. The van der Waals surface area contributed by atoms with Crippen molar-refractivity contribution in [3.63, 3.8) is 0 Å². The van der Waals surface area contributed by atoms with E-state index in [1.54, 1.807) is 24.3 Å². The number of hydrogen-bond acceptors (Lipinski definition) is 3. The molecule has 0 heterocycles. The number of thioether (sulfide) groups is 1. The Bertz CT molecular complexity index is 469. The van der Waals surface area contributed by atoms with E-state index in [0.717, 1.165) is 11.8 Å². The van der Waals surface area contributed by atoms with Crippen LogP contribution in [0.3, 0.4) is 0 Å². The van der Waals surface area contributed by atoms with Gasteiger partial charge >= 0.3 is 5.97 Å². The molecule has 5 heteroatoms.